The fourth-order valence-electron chi connectivity index (χ4n) is 9.51. The van der Waals surface area contributed by atoms with Gasteiger partial charge in [-0.3, -0.25) is 14.4 Å². The molecular weight excluding hydrogens is 829 g/mol. The molecule has 0 aliphatic rings. The van der Waals surface area contributed by atoms with Gasteiger partial charge in [0.25, 0.3) is 0 Å². The number of carbonyl (C=O) groups excluding carboxylic acids is 3. The molecule has 1 unspecified atom stereocenters. The van der Waals surface area contributed by atoms with E-state index in [-0.39, 0.29) is 31.1 Å². The molecule has 0 saturated heterocycles. The molecule has 0 radical (unpaired) electrons. The van der Waals surface area contributed by atoms with Crippen LogP contribution in [0.5, 0.6) is 0 Å². The summed E-state index contributed by atoms with van der Waals surface area (Å²) in [5.74, 6) is -0.848. The quantitative estimate of drug-likeness (QED) is 0.0343. The Bertz CT molecular complexity index is 998. The molecule has 0 aromatic carbocycles. The summed E-state index contributed by atoms with van der Waals surface area (Å²) >= 11 is 0. The maximum atomic E-state index is 12.8. The number of rotatable bonds is 57. The Morgan fingerprint density at radius 3 is 0.597 bits per heavy atom. The second-order valence-corrected chi connectivity index (χ2v) is 21.0. The van der Waals surface area contributed by atoms with Gasteiger partial charge >= 0.3 is 17.9 Å². The van der Waals surface area contributed by atoms with Crippen molar-refractivity contribution < 1.29 is 28.6 Å². The summed E-state index contributed by atoms with van der Waals surface area (Å²) in [4.78, 5) is 37.8. The van der Waals surface area contributed by atoms with Crippen molar-refractivity contribution >= 4 is 17.9 Å². The molecule has 0 aromatic rings. The lowest BCUT2D eigenvalue weighted by Crippen LogP contribution is -2.30. The van der Waals surface area contributed by atoms with E-state index in [1.54, 1.807) is 0 Å². The van der Waals surface area contributed by atoms with Crippen molar-refractivity contribution in [2.75, 3.05) is 13.2 Å². The van der Waals surface area contributed by atoms with Crippen LogP contribution < -0.4 is 0 Å². The molecule has 6 heteroatoms. The maximum absolute atomic E-state index is 12.8. The molecule has 0 aliphatic heterocycles. The minimum Gasteiger partial charge on any atom is -0.462 e. The van der Waals surface area contributed by atoms with Crippen molar-refractivity contribution in [1.82, 2.24) is 0 Å². The first-order chi connectivity index (χ1) is 33.0. The third kappa shape index (κ3) is 55.2. The second kappa shape index (κ2) is 57.0. The zero-order valence-electron chi connectivity index (χ0n) is 45.7. The highest BCUT2D eigenvalue weighted by Gasteiger charge is 2.19. The monoisotopic (exact) mass is 947 g/mol. The molecule has 398 valence electrons. The predicted molar refractivity (Wildman–Crippen MR) is 289 cm³/mol. The molecule has 0 N–H and O–H groups in total. The number of hydrogen-bond donors (Lipinski definition) is 0. The van der Waals surface area contributed by atoms with Crippen LogP contribution in [0.15, 0.2) is 0 Å². The van der Waals surface area contributed by atoms with Crippen LogP contribution in [0.2, 0.25) is 0 Å². The van der Waals surface area contributed by atoms with Crippen molar-refractivity contribution in [1.29, 1.82) is 0 Å². The Hall–Kier alpha value is -1.59. The van der Waals surface area contributed by atoms with E-state index in [0.717, 1.165) is 64.2 Å². The van der Waals surface area contributed by atoms with Crippen molar-refractivity contribution in [2.24, 2.45) is 0 Å². The number of carbonyl (C=O) groups is 3. The normalized spacial score (nSPS) is 11.9. The van der Waals surface area contributed by atoms with Gasteiger partial charge in [0, 0.05) is 19.3 Å². The van der Waals surface area contributed by atoms with Gasteiger partial charge in [-0.15, -0.1) is 0 Å². The van der Waals surface area contributed by atoms with Gasteiger partial charge < -0.3 is 14.2 Å². The molecule has 0 fully saturated rings. The SMILES string of the molecule is CCCCCCCCCCCCCCCCCCCCCCCCCC(=O)OCC(COC(=O)CCCCCCC)OC(=O)CCCCCCCCCCCCCCCCCCCCCCC. The number of esters is 3. The average molecular weight is 948 g/mol. The Labute approximate surface area is 418 Å². The zero-order valence-corrected chi connectivity index (χ0v) is 45.7. The van der Waals surface area contributed by atoms with Crippen molar-refractivity contribution in [3.05, 3.63) is 0 Å². The van der Waals surface area contributed by atoms with E-state index in [9.17, 15) is 14.4 Å². The fourth-order valence-corrected chi connectivity index (χ4v) is 9.51. The standard InChI is InChI=1S/C61H118O6/c1-4-7-10-13-15-17-19-21-23-25-27-29-30-32-33-35-37-39-41-43-45-48-51-54-60(63)66-57-58(56-65-59(62)53-50-47-12-9-6-3)67-61(64)55-52-49-46-44-42-40-38-36-34-31-28-26-24-22-20-18-16-14-11-8-5-2/h58H,4-57H2,1-3H3. The summed E-state index contributed by atoms with van der Waals surface area (Å²) in [5, 5.41) is 0. The summed E-state index contributed by atoms with van der Waals surface area (Å²) in [6.07, 6.45) is 64.4. The molecule has 0 aliphatic carbocycles. The highest BCUT2D eigenvalue weighted by Crippen LogP contribution is 2.18. The Morgan fingerprint density at radius 2 is 0.403 bits per heavy atom. The maximum Gasteiger partial charge on any atom is 0.306 e. The summed E-state index contributed by atoms with van der Waals surface area (Å²) < 4.78 is 16.8. The van der Waals surface area contributed by atoms with Gasteiger partial charge in [-0.05, 0) is 19.3 Å². The first kappa shape index (κ1) is 65.4. The lowest BCUT2D eigenvalue weighted by molar-refractivity contribution is -0.167. The van der Waals surface area contributed by atoms with Crippen molar-refractivity contribution in [3.63, 3.8) is 0 Å². The third-order valence-electron chi connectivity index (χ3n) is 14.1. The van der Waals surface area contributed by atoms with Gasteiger partial charge in [0.1, 0.15) is 13.2 Å². The van der Waals surface area contributed by atoms with Gasteiger partial charge in [0.05, 0.1) is 0 Å². The zero-order chi connectivity index (χ0) is 48.6. The van der Waals surface area contributed by atoms with E-state index >= 15 is 0 Å². The highest BCUT2D eigenvalue weighted by molar-refractivity contribution is 5.71. The number of unbranched alkanes of at least 4 members (excludes halogenated alkanes) is 46. The van der Waals surface area contributed by atoms with Crippen LogP contribution in [0.4, 0.5) is 0 Å². The summed E-state index contributed by atoms with van der Waals surface area (Å²) in [5.41, 5.74) is 0. The van der Waals surface area contributed by atoms with Crippen LogP contribution in [0.3, 0.4) is 0 Å². The fraction of sp³-hybridized carbons (Fsp3) is 0.951. The van der Waals surface area contributed by atoms with Crippen LogP contribution in [0.1, 0.15) is 355 Å². The lowest BCUT2D eigenvalue weighted by Gasteiger charge is -2.18. The molecule has 0 rings (SSSR count). The molecule has 0 amide bonds. The molecule has 0 spiro atoms. The Morgan fingerprint density at radius 1 is 0.239 bits per heavy atom. The van der Waals surface area contributed by atoms with E-state index < -0.39 is 6.10 Å². The average Bonchev–Trinajstić information content (AvgIpc) is 3.33. The van der Waals surface area contributed by atoms with E-state index in [1.165, 1.54) is 250 Å². The Kier molecular flexibility index (Phi) is 55.6. The van der Waals surface area contributed by atoms with Crippen molar-refractivity contribution in [2.45, 2.75) is 361 Å². The van der Waals surface area contributed by atoms with Crippen LogP contribution >= 0.6 is 0 Å². The molecule has 0 bridgehead atoms. The minimum absolute atomic E-state index is 0.0625. The Balaban J connectivity index is 3.98. The third-order valence-corrected chi connectivity index (χ3v) is 14.1. The van der Waals surface area contributed by atoms with E-state index in [2.05, 4.69) is 20.8 Å². The summed E-state index contributed by atoms with van der Waals surface area (Å²) in [6.45, 7) is 6.63. The predicted octanol–water partition coefficient (Wildman–Crippen LogP) is 20.3. The van der Waals surface area contributed by atoms with Crippen LogP contribution in [-0.2, 0) is 28.6 Å². The van der Waals surface area contributed by atoms with E-state index in [0.29, 0.717) is 19.3 Å². The van der Waals surface area contributed by atoms with Gasteiger partial charge in [0.15, 0.2) is 6.10 Å². The second-order valence-electron chi connectivity index (χ2n) is 21.0. The highest BCUT2D eigenvalue weighted by atomic mass is 16.6. The first-order valence-electron chi connectivity index (χ1n) is 30.5. The molecule has 0 aromatic heterocycles. The van der Waals surface area contributed by atoms with Gasteiger partial charge in [0.2, 0.25) is 0 Å². The lowest BCUT2D eigenvalue weighted by atomic mass is 10.0. The molecule has 67 heavy (non-hydrogen) atoms. The van der Waals surface area contributed by atoms with E-state index in [4.69, 9.17) is 14.2 Å². The number of hydrogen-bond acceptors (Lipinski definition) is 6. The van der Waals surface area contributed by atoms with Gasteiger partial charge in [-0.1, -0.05) is 316 Å². The smallest absolute Gasteiger partial charge is 0.306 e. The van der Waals surface area contributed by atoms with Crippen LogP contribution in [-0.4, -0.2) is 37.2 Å². The van der Waals surface area contributed by atoms with Crippen LogP contribution in [0.25, 0.3) is 0 Å². The molecular formula is C61H118O6. The number of ether oxygens (including phenoxy) is 3. The summed E-state index contributed by atoms with van der Waals surface area (Å²) in [6, 6.07) is 0. The minimum atomic E-state index is -0.759. The molecule has 1 atom stereocenters. The molecule has 6 nitrogen and oxygen atoms in total. The van der Waals surface area contributed by atoms with Gasteiger partial charge in [-0.2, -0.15) is 0 Å². The summed E-state index contributed by atoms with van der Waals surface area (Å²) in [7, 11) is 0. The van der Waals surface area contributed by atoms with Gasteiger partial charge in [-0.25, -0.2) is 0 Å². The van der Waals surface area contributed by atoms with E-state index in [1.807, 2.05) is 0 Å². The molecule has 0 heterocycles. The molecule has 0 saturated carbocycles. The van der Waals surface area contributed by atoms with Crippen molar-refractivity contribution in [3.8, 4) is 0 Å². The largest absolute Gasteiger partial charge is 0.462 e. The first-order valence-corrected chi connectivity index (χ1v) is 30.5. The van der Waals surface area contributed by atoms with Crippen LogP contribution in [0, 0.1) is 0 Å². The topological polar surface area (TPSA) is 78.9 Å².